The largest absolute Gasteiger partial charge is 0.392 e. The second-order valence-corrected chi connectivity index (χ2v) is 14.2. The molecule has 3 saturated carbocycles. The molecule has 0 heterocycles. The molecule has 4 aliphatic carbocycles. The van der Waals surface area contributed by atoms with Gasteiger partial charge in [0, 0.05) is 17.3 Å². The van der Waals surface area contributed by atoms with Crippen molar-refractivity contribution in [2.75, 3.05) is 0 Å². The molecule has 4 nitrogen and oxygen atoms in total. The molecular weight excluding hydrogens is 424 g/mol. The van der Waals surface area contributed by atoms with Crippen LogP contribution in [0.4, 0.5) is 0 Å². The molecule has 0 spiro atoms. The Kier molecular flexibility index (Phi) is 5.96. The zero-order valence-electron chi connectivity index (χ0n) is 22.7. The van der Waals surface area contributed by atoms with E-state index < -0.39 is 16.6 Å². The maximum absolute atomic E-state index is 14.2. The minimum absolute atomic E-state index is 0.0277. The van der Waals surface area contributed by atoms with E-state index in [4.69, 9.17) is 0 Å². The molecule has 1 unspecified atom stereocenters. The van der Waals surface area contributed by atoms with Gasteiger partial charge in [-0.1, -0.05) is 58.4 Å². The third kappa shape index (κ3) is 3.53. The van der Waals surface area contributed by atoms with Crippen molar-refractivity contribution < 1.29 is 20.1 Å². The normalized spacial score (nSPS) is 45.9. The highest BCUT2D eigenvalue weighted by atomic mass is 16.3. The lowest BCUT2D eigenvalue weighted by Crippen LogP contribution is -2.64. The van der Waals surface area contributed by atoms with Crippen LogP contribution >= 0.6 is 0 Å². The fourth-order valence-electron chi connectivity index (χ4n) is 9.15. The summed E-state index contributed by atoms with van der Waals surface area (Å²) >= 11 is 0. The van der Waals surface area contributed by atoms with E-state index in [9.17, 15) is 20.1 Å². The zero-order valence-corrected chi connectivity index (χ0v) is 22.7. The number of hydrogen-bond acceptors (Lipinski definition) is 4. The highest BCUT2D eigenvalue weighted by Crippen LogP contribution is 2.74. The Morgan fingerprint density at radius 2 is 1.68 bits per heavy atom. The van der Waals surface area contributed by atoms with Crippen LogP contribution in [0.25, 0.3) is 0 Å². The summed E-state index contributed by atoms with van der Waals surface area (Å²) in [5.41, 5.74) is -1.54. The van der Waals surface area contributed by atoms with E-state index in [1.54, 1.807) is 19.9 Å². The molecular formula is C30H48O4. The number of allylic oxidation sites excluding steroid dienone is 1. The number of ketones is 1. The fourth-order valence-corrected chi connectivity index (χ4v) is 9.15. The Labute approximate surface area is 206 Å². The molecule has 0 aromatic heterocycles. The fraction of sp³-hybridized carbons (Fsp3) is 0.833. The maximum Gasteiger partial charge on any atom is 0.140 e. The van der Waals surface area contributed by atoms with Crippen molar-refractivity contribution in [2.24, 2.45) is 39.4 Å². The standard InChI is InChI=1S/C30H48O4/c1-25(2,33)15-9-16-29(7,34)21-14-17-27(5)22-12-10-19-20(11-13-23(31)26(19,3)4)30(22,8)24(32)18-28(21,27)6/h9-10,15,20-23,31,33-34H,11-14,16-18H2,1-8H3/t20-,21?,22+,23+,27+,28-,29+,30+/m1/s1. The molecule has 0 amide bonds. The lowest BCUT2D eigenvalue weighted by atomic mass is 9.38. The van der Waals surface area contributed by atoms with Crippen LogP contribution in [0.2, 0.25) is 0 Å². The number of aliphatic hydroxyl groups excluding tert-OH is 1. The highest BCUT2D eigenvalue weighted by Gasteiger charge is 2.71. The Hall–Kier alpha value is -0.970. The van der Waals surface area contributed by atoms with E-state index in [0.717, 1.165) is 32.1 Å². The average molecular weight is 473 g/mol. The van der Waals surface area contributed by atoms with Gasteiger partial charge in [-0.15, -0.1) is 0 Å². The Bertz CT molecular complexity index is 905. The van der Waals surface area contributed by atoms with Crippen molar-refractivity contribution in [3.8, 4) is 0 Å². The predicted molar refractivity (Wildman–Crippen MR) is 136 cm³/mol. The van der Waals surface area contributed by atoms with Crippen LogP contribution in [0.5, 0.6) is 0 Å². The number of rotatable bonds is 4. The topological polar surface area (TPSA) is 77.8 Å². The van der Waals surface area contributed by atoms with Gasteiger partial charge in [0.05, 0.1) is 17.3 Å². The van der Waals surface area contributed by atoms with E-state index in [1.807, 2.05) is 13.0 Å². The molecule has 192 valence electrons. The maximum atomic E-state index is 14.2. The van der Waals surface area contributed by atoms with Crippen molar-refractivity contribution in [2.45, 2.75) is 118 Å². The Balaban J connectivity index is 1.71. The summed E-state index contributed by atoms with van der Waals surface area (Å²) in [4.78, 5) is 14.2. The van der Waals surface area contributed by atoms with Crippen molar-refractivity contribution in [3.63, 3.8) is 0 Å². The van der Waals surface area contributed by atoms with Crippen LogP contribution in [0.1, 0.15) is 100 Å². The predicted octanol–water partition coefficient (Wildman–Crippen LogP) is 5.60. The minimum atomic E-state index is -0.936. The van der Waals surface area contributed by atoms with Gasteiger partial charge in [0.2, 0.25) is 0 Å². The Morgan fingerprint density at radius 3 is 2.29 bits per heavy atom. The molecule has 0 aromatic carbocycles. The van der Waals surface area contributed by atoms with Crippen molar-refractivity contribution >= 4 is 5.78 Å². The first kappa shape index (κ1) is 26.1. The first-order valence-electron chi connectivity index (χ1n) is 13.5. The minimum Gasteiger partial charge on any atom is -0.392 e. The van der Waals surface area contributed by atoms with E-state index in [-0.39, 0.29) is 40.1 Å². The quantitative estimate of drug-likeness (QED) is 0.466. The van der Waals surface area contributed by atoms with Gasteiger partial charge in [-0.2, -0.15) is 0 Å². The number of carbonyl (C=O) groups excluding carboxylic acids is 1. The van der Waals surface area contributed by atoms with Crippen LogP contribution in [-0.4, -0.2) is 38.4 Å². The van der Waals surface area contributed by atoms with Gasteiger partial charge in [0.25, 0.3) is 0 Å². The Morgan fingerprint density at radius 1 is 1.03 bits per heavy atom. The third-order valence-electron chi connectivity index (χ3n) is 11.4. The molecule has 8 atom stereocenters. The summed E-state index contributed by atoms with van der Waals surface area (Å²) in [6, 6.07) is 0. The number of hydrogen-bond donors (Lipinski definition) is 3. The first-order chi connectivity index (χ1) is 15.4. The second kappa shape index (κ2) is 7.76. The van der Waals surface area contributed by atoms with Crippen LogP contribution in [0.15, 0.2) is 23.8 Å². The molecule has 3 fully saturated rings. The van der Waals surface area contributed by atoms with Gasteiger partial charge in [-0.3, -0.25) is 4.79 Å². The SMILES string of the molecule is CC(C)(O)C=CC[C@](C)(O)C1CC[C@@]2(C)[C@@H]3CC=C4[C@@H](CC[C@H](O)C4(C)C)[C@]3(C)C(=O)C[C@]12C. The monoisotopic (exact) mass is 472 g/mol. The van der Waals surface area contributed by atoms with Crippen LogP contribution in [0.3, 0.4) is 0 Å². The van der Waals surface area contributed by atoms with Gasteiger partial charge in [-0.05, 0) is 87.9 Å². The molecule has 0 radical (unpaired) electrons. The molecule has 0 aromatic rings. The molecule has 0 aliphatic heterocycles. The van der Waals surface area contributed by atoms with Crippen LogP contribution in [0, 0.1) is 39.4 Å². The van der Waals surface area contributed by atoms with Gasteiger partial charge in [0.1, 0.15) is 5.78 Å². The lowest BCUT2D eigenvalue weighted by Gasteiger charge is -2.65. The van der Waals surface area contributed by atoms with Gasteiger partial charge in [0.15, 0.2) is 0 Å². The van der Waals surface area contributed by atoms with E-state index in [2.05, 4.69) is 40.7 Å². The second-order valence-electron chi connectivity index (χ2n) is 14.2. The van der Waals surface area contributed by atoms with Gasteiger partial charge in [-0.25, -0.2) is 0 Å². The number of Topliss-reactive ketones (excluding diaryl/α,β-unsaturated/α-hetero) is 1. The van der Waals surface area contributed by atoms with Gasteiger partial charge >= 0.3 is 0 Å². The lowest BCUT2D eigenvalue weighted by molar-refractivity contribution is -0.179. The van der Waals surface area contributed by atoms with Gasteiger partial charge < -0.3 is 15.3 Å². The molecule has 4 heteroatoms. The molecule has 0 saturated heterocycles. The third-order valence-corrected chi connectivity index (χ3v) is 11.4. The van der Waals surface area contributed by atoms with Crippen molar-refractivity contribution in [1.82, 2.24) is 0 Å². The molecule has 4 rings (SSSR count). The molecule has 4 aliphatic rings. The first-order valence-corrected chi connectivity index (χ1v) is 13.5. The molecule has 0 bridgehead atoms. The number of carbonyl (C=O) groups is 1. The van der Waals surface area contributed by atoms with Crippen molar-refractivity contribution in [1.29, 1.82) is 0 Å². The summed E-state index contributed by atoms with van der Waals surface area (Å²) in [7, 11) is 0. The smallest absolute Gasteiger partial charge is 0.140 e. The summed E-state index contributed by atoms with van der Waals surface area (Å²) in [5.74, 6) is 0.835. The van der Waals surface area contributed by atoms with Crippen LogP contribution < -0.4 is 0 Å². The number of aliphatic hydroxyl groups is 3. The highest BCUT2D eigenvalue weighted by molar-refractivity contribution is 5.88. The summed E-state index contributed by atoms with van der Waals surface area (Å²) in [5, 5.41) is 32.5. The molecule has 3 N–H and O–H groups in total. The summed E-state index contributed by atoms with van der Waals surface area (Å²) in [6.07, 6.45) is 11.1. The van der Waals surface area contributed by atoms with Crippen LogP contribution in [-0.2, 0) is 4.79 Å². The van der Waals surface area contributed by atoms with Crippen molar-refractivity contribution in [3.05, 3.63) is 23.8 Å². The summed E-state index contributed by atoms with van der Waals surface area (Å²) in [6.45, 7) is 16.6. The van der Waals surface area contributed by atoms with E-state index in [0.29, 0.717) is 18.6 Å². The molecule has 34 heavy (non-hydrogen) atoms. The zero-order chi connectivity index (χ0) is 25.5. The van der Waals surface area contributed by atoms with E-state index >= 15 is 0 Å². The number of fused-ring (bicyclic) bond motifs is 5. The average Bonchev–Trinajstić information content (AvgIpc) is 2.96. The summed E-state index contributed by atoms with van der Waals surface area (Å²) < 4.78 is 0. The van der Waals surface area contributed by atoms with E-state index in [1.165, 1.54) is 5.57 Å².